The fraction of sp³-hybridized carbons (Fsp3) is 0.241. The highest BCUT2D eigenvalue weighted by molar-refractivity contribution is 7.74. The third kappa shape index (κ3) is 4.69. The van der Waals surface area contributed by atoms with Gasteiger partial charge in [-0.05, 0) is 48.9 Å². The van der Waals surface area contributed by atoms with Gasteiger partial charge >= 0.3 is 13.3 Å². The van der Waals surface area contributed by atoms with E-state index in [4.69, 9.17) is 9.26 Å². The first-order valence-electron chi connectivity index (χ1n) is 12.7. The number of rotatable bonds is 9. The number of aliphatic hydroxyl groups excluding tert-OH is 1. The molecule has 1 fully saturated rings. The van der Waals surface area contributed by atoms with E-state index in [0.717, 1.165) is 0 Å². The molecule has 11 heteroatoms. The number of nitro groups is 1. The summed E-state index contributed by atoms with van der Waals surface area (Å²) in [6.45, 7) is 3.05. The summed E-state index contributed by atoms with van der Waals surface area (Å²) in [5, 5.41) is 22.1. The van der Waals surface area contributed by atoms with Gasteiger partial charge in [0, 0.05) is 18.1 Å². The Hall–Kier alpha value is -4.27. The van der Waals surface area contributed by atoms with Crippen LogP contribution in [0.2, 0.25) is 0 Å². The highest BCUT2D eigenvalue weighted by Crippen LogP contribution is 2.55. The number of benzene rings is 3. The van der Waals surface area contributed by atoms with E-state index < -0.39 is 48.2 Å². The number of non-ortho nitro benzene ring substituents is 1. The lowest BCUT2D eigenvalue weighted by Crippen LogP contribution is -2.63. The van der Waals surface area contributed by atoms with Crippen molar-refractivity contribution in [2.75, 3.05) is 0 Å². The van der Waals surface area contributed by atoms with Crippen LogP contribution < -0.4 is 10.6 Å². The minimum absolute atomic E-state index is 0.0474. The molecule has 2 aliphatic heterocycles. The SMILES string of the molecule is CC(O)[C@H]1C(=O)N2C(C(=O)OCc3ccc([N+](=O)[O-])cc3)=C(OP(=O)(c3ccccc3)c3ccccc3)[C@H](C)[C@@H]12. The monoisotopic (exact) mass is 562 g/mol. The molecule has 5 rings (SSSR count). The second kappa shape index (κ2) is 10.7. The average molecular weight is 563 g/mol. The minimum atomic E-state index is -3.80. The molecule has 0 bridgehead atoms. The highest BCUT2D eigenvalue weighted by atomic mass is 31.2. The molecule has 0 radical (unpaired) electrons. The van der Waals surface area contributed by atoms with E-state index in [9.17, 15) is 29.4 Å². The number of nitrogens with zero attached hydrogens (tertiary/aromatic N) is 2. The van der Waals surface area contributed by atoms with Crippen molar-refractivity contribution in [2.45, 2.75) is 32.6 Å². The molecule has 3 aromatic carbocycles. The molecule has 0 spiro atoms. The Balaban J connectivity index is 1.53. The maximum atomic E-state index is 14.7. The summed E-state index contributed by atoms with van der Waals surface area (Å²) in [4.78, 5) is 38.3. The normalized spacial score (nSPS) is 20.9. The molecule has 4 atom stereocenters. The summed E-state index contributed by atoms with van der Waals surface area (Å²) in [6.07, 6.45) is -0.969. The zero-order valence-corrected chi connectivity index (χ0v) is 22.6. The van der Waals surface area contributed by atoms with E-state index in [-0.39, 0.29) is 23.8 Å². The Morgan fingerprint density at radius 2 is 1.57 bits per heavy atom. The van der Waals surface area contributed by atoms with Crippen molar-refractivity contribution < 1.29 is 33.4 Å². The van der Waals surface area contributed by atoms with Gasteiger partial charge in [0.05, 0.1) is 33.6 Å². The van der Waals surface area contributed by atoms with Crippen molar-refractivity contribution in [1.82, 2.24) is 4.90 Å². The van der Waals surface area contributed by atoms with Gasteiger partial charge in [-0.15, -0.1) is 0 Å². The number of esters is 1. The minimum Gasteiger partial charge on any atom is -0.456 e. The van der Waals surface area contributed by atoms with Crippen LogP contribution in [0, 0.1) is 22.0 Å². The predicted molar refractivity (Wildman–Crippen MR) is 146 cm³/mol. The maximum absolute atomic E-state index is 14.7. The van der Waals surface area contributed by atoms with Crippen molar-refractivity contribution in [3.63, 3.8) is 0 Å². The van der Waals surface area contributed by atoms with E-state index in [1.54, 1.807) is 67.6 Å². The quantitative estimate of drug-likeness (QED) is 0.137. The zero-order valence-electron chi connectivity index (χ0n) is 21.7. The number of hydrogen-bond acceptors (Lipinski definition) is 8. The van der Waals surface area contributed by atoms with Crippen molar-refractivity contribution in [2.24, 2.45) is 11.8 Å². The average Bonchev–Trinajstić information content (AvgIpc) is 3.20. The first-order chi connectivity index (χ1) is 19.1. The summed E-state index contributed by atoms with van der Waals surface area (Å²) in [5.41, 5.74) is 0.239. The number of β-lactam (4-membered cyclic amide) rings is 1. The van der Waals surface area contributed by atoms with Crippen LogP contribution >= 0.6 is 7.37 Å². The van der Waals surface area contributed by atoms with Crippen LogP contribution in [0.4, 0.5) is 5.69 Å². The van der Waals surface area contributed by atoms with Crippen LogP contribution in [0.15, 0.2) is 96.4 Å². The smallest absolute Gasteiger partial charge is 0.358 e. The van der Waals surface area contributed by atoms with Gasteiger partial charge in [0.15, 0.2) is 5.70 Å². The van der Waals surface area contributed by atoms with Crippen LogP contribution in [0.25, 0.3) is 0 Å². The van der Waals surface area contributed by atoms with Crippen molar-refractivity contribution in [3.05, 3.63) is 112 Å². The van der Waals surface area contributed by atoms with Crippen LogP contribution in [0.5, 0.6) is 0 Å². The first-order valence-corrected chi connectivity index (χ1v) is 14.3. The predicted octanol–water partition coefficient (Wildman–Crippen LogP) is 3.65. The van der Waals surface area contributed by atoms with Crippen LogP contribution in [0.3, 0.4) is 0 Å². The van der Waals surface area contributed by atoms with Crippen molar-refractivity contribution >= 4 is 35.5 Å². The Labute approximate surface area is 230 Å². The first kappa shape index (κ1) is 27.3. The Kier molecular flexibility index (Phi) is 7.31. The lowest BCUT2D eigenvalue weighted by Gasteiger charge is -2.46. The van der Waals surface area contributed by atoms with Gasteiger partial charge in [-0.25, -0.2) is 4.79 Å². The zero-order chi connectivity index (χ0) is 28.6. The molecule has 1 N–H and O–H groups in total. The molecule has 0 aromatic heterocycles. The molecule has 2 heterocycles. The molecule has 206 valence electrons. The molecular formula is C29H27N2O8P. The van der Waals surface area contributed by atoms with E-state index in [1.165, 1.54) is 36.1 Å². The second-order valence-electron chi connectivity index (χ2n) is 9.78. The third-order valence-corrected chi connectivity index (χ3v) is 9.65. The van der Waals surface area contributed by atoms with Crippen LogP contribution in [0.1, 0.15) is 19.4 Å². The second-order valence-corrected chi connectivity index (χ2v) is 12.1. The molecule has 10 nitrogen and oxygen atoms in total. The molecule has 1 amide bonds. The van der Waals surface area contributed by atoms with Crippen LogP contribution in [-0.2, 0) is 30.0 Å². The topological polar surface area (TPSA) is 136 Å². The van der Waals surface area contributed by atoms with Crippen molar-refractivity contribution in [3.8, 4) is 0 Å². The van der Waals surface area contributed by atoms with Gasteiger partial charge < -0.3 is 14.4 Å². The van der Waals surface area contributed by atoms with Crippen molar-refractivity contribution in [1.29, 1.82) is 0 Å². The van der Waals surface area contributed by atoms with Gasteiger partial charge in [0.25, 0.3) is 5.69 Å². The Bertz CT molecular complexity index is 1480. The van der Waals surface area contributed by atoms with Gasteiger partial charge in [0.1, 0.15) is 12.4 Å². The van der Waals surface area contributed by atoms with Gasteiger partial charge in [-0.1, -0.05) is 43.3 Å². The number of ether oxygens (including phenoxy) is 1. The largest absolute Gasteiger partial charge is 0.456 e. The lowest BCUT2D eigenvalue weighted by molar-refractivity contribution is -0.384. The highest BCUT2D eigenvalue weighted by Gasteiger charge is 2.61. The number of fused-ring (bicyclic) bond motifs is 1. The molecule has 2 aliphatic rings. The molecule has 40 heavy (non-hydrogen) atoms. The summed E-state index contributed by atoms with van der Waals surface area (Å²) in [5.74, 6) is -2.61. The number of carbonyl (C=O) groups excluding carboxylic acids is 2. The maximum Gasteiger partial charge on any atom is 0.358 e. The molecule has 1 unspecified atom stereocenters. The van der Waals surface area contributed by atoms with Gasteiger partial charge in [0.2, 0.25) is 5.91 Å². The lowest BCUT2D eigenvalue weighted by atomic mass is 9.79. The van der Waals surface area contributed by atoms with Gasteiger partial charge in [-0.2, -0.15) is 0 Å². The number of aliphatic hydroxyl groups is 1. The van der Waals surface area contributed by atoms with E-state index in [0.29, 0.717) is 16.2 Å². The number of amides is 1. The third-order valence-electron chi connectivity index (χ3n) is 7.24. The Morgan fingerprint density at radius 3 is 2.08 bits per heavy atom. The summed E-state index contributed by atoms with van der Waals surface area (Å²) < 4.78 is 26.5. The number of hydrogen-bond donors (Lipinski definition) is 1. The standard InChI is InChI=1S/C29H27N2O8P/c1-18-25-24(19(2)32)28(33)30(25)26(29(34)38-17-20-13-15-21(16-14-20)31(35)36)27(18)39-40(37,22-9-5-3-6-10-22)23-11-7-4-8-12-23/h3-16,18-19,24-25,32H,17H2,1-2H3/t18-,19?,24-,25+/m1/s1. The molecule has 0 saturated carbocycles. The number of nitro benzene ring substituents is 1. The summed E-state index contributed by atoms with van der Waals surface area (Å²) in [6, 6.07) is 22.2. The van der Waals surface area contributed by atoms with E-state index in [2.05, 4.69) is 0 Å². The fourth-order valence-electron chi connectivity index (χ4n) is 5.21. The fourth-order valence-corrected chi connectivity index (χ4v) is 7.37. The molecular weight excluding hydrogens is 535 g/mol. The summed E-state index contributed by atoms with van der Waals surface area (Å²) >= 11 is 0. The van der Waals surface area contributed by atoms with E-state index >= 15 is 0 Å². The van der Waals surface area contributed by atoms with E-state index in [1.807, 2.05) is 0 Å². The van der Waals surface area contributed by atoms with Gasteiger partial charge in [-0.3, -0.25) is 24.4 Å². The molecule has 1 saturated heterocycles. The van der Waals surface area contributed by atoms with Crippen LogP contribution in [-0.4, -0.2) is 39.0 Å². The number of carbonyl (C=O) groups is 2. The Morgan fingerprint density at radius 1 is 1.02 bits per heavy atom. The molecule has 3 aromatic rings. The molecule has 0 aliphatic carbocycles. The summed E-state index contributed by atoms with van der Waals surface area (Å²) in [7, 11) is -3.80.